The van der Waals surface area contributed by atoms with E-state index >= 15 is 0 Å². The number of hydrogen-bond donors (Lipinski definition) is 3. The molecule has 0 aromatic heterocycles. The molecule has 0 aliphatic carbocycles. The molecule has 1 aliphatic heterocycles. The van der Waals surface area contributed by atoms with E-state index in [2.05, 4.69) is 4.74 Å². The minimum atomic E-state index is -1.52. The van der Waals surface area contributed by atoms with Crippen molar-refractivity contribution in [3.05, 3.63) is 0 Å². The highest BCUT2D eigenvalue weighted by molar-refractivity contribution is 5.77. The lowest BCUT2D eigenvalue weighted by Crippen LogP contribution is -2.37. The highest BCUT2D eigenvalue weighted by atomic mass is 16.6. The van der Waals surface area contributed by atoms with Crippen molar-refractivity contribution in [1.29, 1.82) is 0 Å². The van der Waals surface area contributed by atoms with E-state index in [1.165, 1.54) is 6.92 Å². The number of carbonyl (C=O) groups is 1. The van der Waals surface area contributed by atoms with Crippen LogP contribution in [0.1, 0.15) is 6.92 Å². The smallest absolute Gasteiger partial charge is 0.338 e. The number of cyclic esters (lactones) is 1. The maximum absolute atomic E-state index is 10.6. The highest BCUT2D eigenvalue weighted by Gasteiger charge is 2.44. The van der Waals surface area contributed by atoms with Crippen LogP contribution in [0.5, 0.6) is 0 Å². The summed E-state index contributed by atoms with van der Waals surface area (Å²) in [4.78, 5) is 10.6. The number of esters is 1. The van der Waals surface area contributed by atoms with Crippen molar-refractivity contribution < 1.29 is 24.9 Å². The zero-order valence-electron chi connectivity index (χ0n) is 5.97. The molecule has 5 nitrogen and oxygen atoms in total. The molecule has 0 aromatic rings. The predicted molar refractivity (Wildman–Crippen MR) is 33.6 cm³/mol. The van der Waals surface area contributed by atoms with Crippen molar-refractivity contribution >= 4 is 5.97 Å². The Morgan fingerprint density at radius 2 is 2.09 bits per heavy atom. The van der Waals surface area contributed by atoms with Gasteiger partial charge in [-0.05, 0) is 6.92 Å². The molecule has 3 N–H and O–H groups in total. The Balaban J connectivity index is 2.67. The fraction of sp³-hybridized carbons (Fsp3) is 0.833. The SMILES string of the molecule is C[C@@H](O)[C@@H]1OC(=O)[C@H](O)[C@H]1O. The van der Waals surface area contributed by atoms with E-state index in [0.717, 1.165) is 0 Å². The third-order valence-corrected chi connectivity index (χ3v) is 1.63. The van der Waals surface area contributed by atoms with Crippen molar-refractivity contribution in [1.82, 2.24) is 0 Å². The molecule has 5 heteroatoms. The van der Waals surface area contributed by atoms with Crippen molar-refractivity contribution in [2.75, 3.05) is 0 Å². The number of aliphatic hydroxyl groups excluding tert-OH is 3. The summed E-state index contributed by atoms with van der Waals surface area (Å²) in [7, 11) is 0. The van der Waals surface area contributed by atoms with Gasteiger partial charge in [0.25, 0.3) is 0 Å². The third-order valence-electron chi connectivity index (χ3n) is 1.63. The van der Waals surface area contributed by atoms with Gasteiger partial charge in [-0.25, -0.2) is 4.79 Å². The van der Waals surface area contributed by atoms with Crippen LogP contribution in [0.2, 0.25) is 0 Å². The van der Waals surface area contributed by atoms with Gasteiger partial charge in [0.2, 0.25) is 0 Å². The van der Waals surface area contributed by atoms with Gasteiger partial charge in [0.1, 0.15) is 6.10 Å². The topological polar surface area (TPSA) is 87.0 Å². The fourth-order valence-corrected chi connectivity index (χ4v) is 0.976. The minimum absolute atomic E-state index is 0.886. The van der Waals surface area contributed by atoms with Gasteiger partial charge in [0, 0.05) is 0 Å². The summed E-state index contributed by atoms with van der Waals surface area (Å²) >= 11 is 0. The van der Waals surface area contributed by atoms with Crippen LogP contribution in [0.25, 0.3) is 0 Å². The second-order valence-corrected chi connectivity index (χ2v) is 2.58. The lowest BCUT2D eigenvalue weighted by atomic mass is 10.1. The Hall–Kier alpha value is -0.650. The van der Waals surface area contributed by atoms with Gasteiger partial charge >= 0.3 is 5.97 Å². The Kier molecular flexibility index (Phi) is 2.12. The van der Waals surface area contributed by atoms with Crippen LogP contribution in [-0.4, -0.2) is 45.7 Å². The van der Waals surface area contributed by atoms with Gasteiger partial charge in [0.15, 0.2) is 12.2 Å². The maximum Gasteiger partial charge on any atom is 0.338 e. The fourth-order valence-electron chi connectivity index (χ4n) is 0.976. The van der Waals surface area contributed by atoms with Gasteiger partial charge in [-0.1, -0.05) is 0 Å². The zero-order chi connectivity index (χ0) is 8.59. The number of aliphatic hydroxyl groups is 3. The molecule has 1 fully saturated rings. The van der Waals surface area contributed by atoms with Crippen LogP contribution < -0.4 is 0 Å². The Morgan fingerprint density at radius 1 is 1.55 bits per heavy atom. The quantitative estimate of drug-likeness (QED) is 0.389. The molecule has 0 aromatic carbocycles. The largest absolute Gasteiger partial charge is 0.455 e. The first-order valence-corrected chi connectivity index (χ1v) is 3.28. The van der Waals surface area contributed by atoms with E-state index in [0.29, 0.717) is 0 Å². The summed E-state index contributed by atoms with van der Waals surface area (Å²) in [5.41, 5.74) is 0. The summed E-state index contributed by atoms with van der Waals surface area (Å²) in [6.07, 6.45) is -4.80. The van der Waals surface area contributed by atoms with E-state index in [1.807, 2.05) is 0 Å². The molecule has 4 atom stereocenters. The number of hydrogen-bond acceptors (Lipinski definition) is 5. The second-order valence-electron chi connectivity index (χ2n) is 2.58. The predicted octanol–water partition coefficient (Wildman–Crippen LogP) is -1.99. The van der Waals surface area contributed by atoms with Crippen molar-refractivity contribution in [3.63, 3.8) is 0 Å². The second kappa shape index (κ2) is 2.77. The Labute approximate surface area is 63.2 Å². The maximum atomic E-state index is 10.6. The molecule has 0 saturated carbocycles. The van der Waals surface area contributed by atoms with Gasteiger partial charge in [-0.3, -0.25) is 0 Å². The van der Waals surface area contributed by atoms with Crippen LogP contribution >= 0.6 is 0 Å². The van der Waals surface area contributed by atoms with Crippen LogP contribution in [0.15, 0.2) is 0 Å². The van der Waals surface area contributed by atoms with Crippen LogP contribution in [0.3, 0.4) is 0 Å². The molecule has 0 unspecified atom stereocenters. The normalized spacial score (nSPS) is 40.4. The van der Waals surface area contributed by atoms with Crippen LogP contribution in [-0.2, 0) is 9.53 Å². The average molecular weight is 162 g/mol. The standard InChI is InChI=1S/C6H10O5/c1-2(7)5-3(8)4(9)6(10)11-5/h2-5,7-9H,1H3/t2-,3-,4-,5+/m1/s1. The van der Waals surface area contributed by atoms with Gasteiger partial charge in [0.05, 0.1) is 6.10 Å². The molecule has 1 heterocycles. The molecule has 0 spiro atoms. The molecule has 1 aliphatic rings. The number of rotatable bonds is 1. The van der Waals surface area contributed by atoms with E-state index < -0.39 is 30.4 Å². The summed E-state index contributed by atoms with van der Waals surface area (Å²) in [5.74, 6) is -0.886. The average Bonchev–Trinajstić information content (AvgIpc) is 2.17. The third kappa shape index (κ3) is 1.35. The van der Waals surface area contributed by atoms with Crippen LogP contribution in [0, 0.1) is 0 Å². The van der Waals surface area contributed by atoms with Crippen molar-refractivity contribution in [2.24, 2.45) is 0 Å². The number of carbonyl (C=O) groups excluding carboxylic acids is 1. The molecule has 0 amide bonds. The molecule has 0 radical (unpaired) electrons. The lowest BCUT2D eigenvalue weighted by Gasteiger charge is -2.15. The zero-order valence-corrected chi connectivity index (χ0v) is 5.97. The van der Waals surface area contributed by atoms with Gasteiger partial charge in [-0.15, -0.1) is 0 Å². The lowest BCUT2D eigenvalue weighted by molar-refractivity contribution is -0.150. The van der Waals surface area contributed by atoms with Gasteiger partial charge < -0.3 is 20.1 Å². The van der Waals surface area contributed by atoms with E-state index in [1.54, 1.807) is 0 Å². The van der Waals surface area contributed by atoms with Gasteiger partial charge in [-0.2, -0.15) is 0 Å². The van der Waals surface area contributed by atoms with Crippen molar-refractivity contribution in [3.8, 4) is 0 Å². The number of ether oxygens (including phenoxy) is 1. The van der Waals surface area contributed by atoms with E-state index in [-0.39, 0.29) is 0 Å². The molecular weight excluding hydrogens is 152 g/mol. The molecule has 1 rings (SSSR count). The molecule has 11 heavy (non-hydrogen) atoms. The summed E-state index contributed by atoms with van der Waals surface area (Å²) in [5, 5.41) is 26.8. The molecule has 0 bridgehead atoms. The Morgan fingerprint density at radius 3 is 2.27 bits per heavy atom. The van der Waals surface area contributed by atoms with E-state index in [9.17, 15) is 4.79 Å². The monoisotopic (exact) mass is 162 g/mol. The Bertz CT molecular complexity index is 166. The highest BCUT2D eigenvalue weighted by Crippen LogP contribution is 2.18. The molecular formula is C6H10O5. The first-order chi connectivity index (χ1) is 5.04. The van der Waals surface area contributed by atoms with Crippen LogP contribution in [0.4, 0.5) is 0 Å². The first-order valence-electron chi connectivity index (χ1n) is 3.28. The van der Waals surface area contributed by atoms with Crippen molar-refractivity contribution in [2.45, 2.75) is 31.3 Å². The summed E-state index contributed by atoms with van der Waals surface area (Å²) < 4.78 is 4.46. The summed E-state index contributed by atoms with van der Waals surface area (Å²) in [6, 6.07) is 0. The minimum Gasteiger partial charge on any atom is -0.455 e. The molecule has 64 valence electrons. The first kappa shape index (κ1) is 8.45. The molecule has 1 saturated heterocycles. The van der Waals surface area contributed by atoms with E-state index in [4.69, 9.17) is 15.3 Å². The summed E-state index contributed by atoms with van der Waals surface area (Å²) in [6.45, 7) is 1.37.